The Morgan fingerprint density at radius 1 is 0.881 bits per heavy atom. The van der Waals surface area contributed by atoms with Crippen molar-refractivity contribution in [2.45, 2.75) is 38.6 Å². The Labute approximate surface area is 253 Å². The minimum atomic E-state index is -0.833. The molecule has 0 saturated heterocycles. The quantitative estimate of drug-likeness (QED) is 0.101. The molecule has 0 atom stereocenters. The average Bonchev–Trinajstić information content (AvgIpc) is 3.29. The second-order valence-electron chi connectivity index (χ2n) is 9.73. The number of carboxylic acids is 1. The van der Waals surface area contributed by atoms with Gasteiger partial charge in [-0.15, -0.1) is 11.8 Å². The van der Waals surface area contributed by atoms with E-state index >= 15 is 0 Å². The molecule has 1 aromatic heterocycles. The fraction of sp³-hybridized carbons (Fsp3) is 0.176. The van der Waals surface area contributed by atoms with Gasteiger partial charge >= 0.3 is 0 Å². The summed E-state index contributed by atoms with van der Waals surface area (Å²) in [5, 5.41) is 18.4. The third kappa shape index (κ3) is 6.98. The van der Waals surface area contributed by atoms with E-state index in [2.05, 4.69) is 11.5 Å². The molecule has 0 saturated carbocycles. The van der Waals surface area contributed by atoms with E-state index in [1.54, 1.807) is 17.8 Å². The number of thioether (sulfide) groups is 1. The summed E-state index contributed by atoms with van der Waals surface area (Å²) in [5.41, 5.74) is 4.84. The van der Waals surface area contributed by atoms with Crippen LogP contribution in [0.4, 0.5) is 0 Å². The number of fused-ring (bicyclic) bond motifs is 3. The van der Waals surface area contributed by atoms with Crippen molar-refractivity contribution in [2.24, 2.45) is 0 Å². The van der Waals surface area contributed by atoms with Crippen molar-refractivity contribution in [3.63, 3.8) is 0 Å². The minimum absolute atomic E-state index is 0.0189. The number of aromatic nitrogens is 1. The molecule has 4 aromatic carbocycles. The van der Waals surface area contributed by atoms with Gasteiger partial charge in [0.25, 0.3) is 5.97 Å². The first-order chi connectivity index (χ1) is 20.1. The second kappa shape index (κ2) is 13.6. The van der Waals surface area contributed by atoms with Gasteiger partial charge in [0.15, 0.2) is 5.78 Å². The summed E-state index contributed by atoms with van der Waals surface area (Å²) in [7, 11) is 0. The molecule has 0 bridgehead atoms. The zero-order valence-corrected chi connectivity index (χ0v) is 25.2. The maximum absolute atomic E-state index is 13.3. The number of Topliss-reactive ketones (excluding diaryl/α,β-unsaturated/α-hetero) is 1. The summed E-state index contributed by atoms with van der Waals surface area (Å²) in [6.45, 7) is 5.87. The number of carbonyl (C=O) groups excluding carboxylic acids is 2. The van der Waals surface area contributed by atoms with Gasteiger partial charge in [0.05, 0.1) is 5.71 Å². The number of nitrogens with one attached hydrogen (secondary N) is 1. The highest BCUT2D eigenvalue weighted by Crippen LogP contribution is 2.32. The lowest BCUT2D eigenvalue weighted by atomic mass is 9.97. The van der Waals surface area contributed by atoms with Gasteiger partial charge in [0.2, 0.25) is 5.78 Å². The highest BCUT2D eigenvalue weighted by Gasteiger charge is 2.18. The zero-order valence-electron chi connectivity index (χ0n) is 23.6. The number of hydrogen-bond donors (Lipinski definition) is 2. The SMILES string of the molecule is CC(=O)O.CCn1c2ccc(C(=O)C(=N)CCSc3ccc(Cl)cc3)cc2c2cc(C(=O)c3ccccc3C)ccc21. The molecule has 0 aliphatic heterocycles. The summed E-state index contributed by atoms with van der Waals surface area (Å²) < 4.78 is 2.19. The van der Waals surface area contributed by atoms with Crippen LogP contribution in [-0.2, 0) is 11.3 Å². The Morgan fingerprint density at radius 2 is 1.45 bits per heavy atom. The average molecular weight is 599 g/mol. The Kier molecular flexibility index (Phi) is 9.99. The summed E-state index contributed by atoms with van der Waals surface area (Å²) in [6, 6.07) is 26.6. The molecule has 214 valence electrons. The van der Waals surface area contributed by atoms with Crippen LogP contribution in [0.1, 0.15) is 52.1 Å². The molecule has 0 aliphatic carbocycles. The van der Waals surface area contributed by atoms with Gasteiger partial charge in [-0.3, -0.25) is 14.4 Å². The van der Waals surface area contributed by atoms with E-state index in [1.165, 1.54) is 0 Å². The summed E-state index contributed by atoms with van der Waals surface area (Å²) in [4.78, 5) is 36.5. The van der Waals surface area contributed by atoms with Gasteiger partial charge in [-0.2, -0.15) is 0 Å². The molecule has 42 heavy (non-hydrogen) atoms. The smallest absolute Gasteiger partial charge is 0.300 e. The molecule has 2 N–H and O–H groups in total. The monoisotopic (exact) mass is 598 g/mol. The van der Waals surface area contributed by atoms with Gasteiger partial charge in [-0.05, 0) is 80.1 Å². The molecular formula is C34H31ClN2O4S. The standard InChI is InChI=1S/C32H27ClN2O2S.C2H4O2/c1-3-35-29-14-8-21(31(36)25-7-5-4-6-20(25)2)18-26(29)27-19-22(9-15-30(27)35)32(37)28(34)16-17-38-24-12-10-23(33)11-13-24;1-2(3)4/h4-15,18-19,34H,3,16-17H2,1-2H3;1H3,(H,3,4). The second-order valence-corrected chi connectivity index (χ2v) is 11.3. The lowest BCUT2D eigenvalue weighted by molar-refractivity contribution is -0.134. The molecule has 0 unspecified atom stereocenters. The molecule has 0 radical (unpaired) electrons. The Hall–Kier alpha value is -4.20. The third-order valence-corrected chi connectivity index (χ3v) is 8.07. The fourth-order valence-corrected chi connectivity index (χ4v) is 5.80. The molecule has 8 heteroatoms. The van der Waals surface area contributed by atoms with Crippen molar-refractivity contribution in [3.05, 3.63) is 112 Å². The summed E-state index contributed by atoms with van der Waals surface area (Å²) in [6.07, 6.45) is 0.371. The zero-order chi connectivity index (χ0) is 30.4. The van der Waals surface area contributed by atoms with E-state index in [0.717, 1.165) is 45.7 Å². The van der Waals surface area contributed by atoms with E-state index in [4.69, 9.17) is 26.9 Å². The van der Waals surface area contributed by atoms with Crippen LogP contribution >= 0.6 is 23.4 Å². The van der Waals surface area contributed by atoms with Gasteiger partial charge in [0, 0.05) is 74.1 Å². The van der Waals surface area contributed by atoms with Crippen molar-refractivity contribution >= 4 is 68.4 Å². The van der Waals surface area contributed by atoms with Gasteiger partial charge in [0.1, 0.15) is 0 Å². The van der Waals surface area contributed by atoms with Crippen molar-refractivity contribution in [1.82, 2.24) is 4.57 Å². The molecular weight excluding hydrogens is 568 g/mol. The maximum atomic E-state index is 13.3. The largest absolute Gasteiger partial charge is 0.481 e. The number of carboxylic acid groups (broad SMARTS) is 1. The number of rotatable bonds is 9. The van der Waals surface area contributed by atoms with Crippen LogP contribution in [0.15, 0.2) is 89.8 Å². The lowest BCUT2D eigenvalue weighted by Crippen LogP contribution is -2.14. The molecule has 5 rings (SSSR count). The number of hydrogen-bond acceptors (Lipinski definition) is 5. The number of halogens is 1. The molecule has 1 heterocycles. The summed E-state index contributed by atoms with van der Waals surface area (Å²) >= 11 is 7.54. The summed E-state index contributed by atoms with van der Waals surface area (Å²) in [5.74, 6) is -0.490. The van der Waals surface area contributed by atoms with Crippen molar-refractivity contribution < 1.29 is 19.5 Å². The Bertz CT molecular complexity index is 1800. The van der Waals surface area contributed by atoms with Gasteiger partial charge in [-0.1, -0.05) is 35.9 Å². The van der Waals surface area contributed by atoms with Crippen LogP contribution in [0, 0.1) is 12.3 Å². The van der Waals surface area contributed by atoms with Crippen LogP contribution in [0.2, 0.25) is 5.02 Å². The molecule has 0 aliphatic rings. The van der Waals surface area contributed by atoms with Crippen LogP contribution in [-0.4, -0.2) is 38.7 Å². The first-order valence-electron chi connectivity index (χ1n) is 13.5. The van der Waals surface area contributed by atoms with E-state index in [9.17, 15) is 9.59 Å². The minimum Gasteiger partial charge on any atom is -0.481 e. The number of ketones is 2. The molecule has 6 nitrogen and oxygen atoms in total. The van der Waals surface area contributed by atoms with Crippen molar-refractivity contribution in [1.29, 1.82) is 5.41 Å². The fourth-order valence-electron chi connectivity index (χ4n) is 4.80. The first kappa shape index (κ1) is 30.8. The van der Waals surface area contributed by atoms with Crippen molar-refractivity contribution in [3.8, 4) is 0 Å². The predicted molar refractivity (Wildman–Crippen MR) is 172 cm³/mol. The van der Waals surface area contributed by atoms with E-state index in [-0.39, 0.29) is 17.3 Å². The normalized spacial score (nSPS) is 10.8. The van der Waals surface area contributed by atoms with Crippen LogP contribution < -0.4 is 0 Å². The number of benzene rings is 4. The number of aryl methyl sites for hydroxylation is 2. The number of aliphatic carboxylic acids is 1. The van der Waals surface area contributed by atoms with Crippen molar-refractivity contribution in [2.75, 3.05) is 5.75 Å². The number of nitrogens with zero attached hydrogens (tertiary/aromatic N) is 1. The lowest BCUT2D eigenvalue weighted by Gasteiger charge is -2.06. The number of carbonyl (C=O) groups is 3. The highest BCUT2D eigenvalue weighted by molar-refractivity contribution is 7.99. The maximum Gasteiger partial charge on any atom is 0.300 e. The molecule has 5 aromatic rings. The third-order valence-electron chi connectivity index (χ3n) is 6.80. The highest BCUT2D eigenvalue weighted by atomic mass is 35.5. The van der Waals surface area contributed by atoms with E-state index in [0.29, 0.717) is 33.9 Å². The van der Waals surface area contributed by atoms with Crippen LogP contribution in [0.5, 0.6) is 0 Å². The molecule has 0 fully saturated rings. The topological polar surface area (TPSA) is 100 Å². The molecule has 0 amide bonds. The Balaban J connectivity index is 0.000000952. The molecule has 0 spiro atoms. The van der Waals surface area contributed by atoms with E-state index in [1.807, 2.05) is 85.8 Å². The Morgan fingerprint density at radius 3 is 2.05 bits per heavy atom. The first-order valence-corrected chi connectivity index (χ1v) is 14.8. The van der Waals surface area contributed by atoms with Crippen LogP contribution in [0.25, 0.3) is 21.8 Å². The van der Waals surface area contributed by atoms with Gasteiger partial charge in [-0.25, -0.2) is 0 Å². The predicted octanol–water partition coefficient (Wildman–Crippen LogP) is 8.48. The van der Waals surface area contributed by atoms with E-state index < -0.39 is 5.97 Å². The van der Waals surface area contributed by atoms with Gasteiger partial charge < -0.3 is 15.1 Å². The van der Waals surface area contributed by atoms with Crippen LogP contribution in [0.3, 0.4) is 0 Å².